The number of amides is 1. The highest BCUT2D eigenvalue weighted by atomic mass is 32.2. The zero-order valence-corrected chi connectivity index (χ0v) is 10.8. The Morgan fingerprint density at radius 3 is 3.17 bits per heavy atom. The number of nitrogen functional groups attached to an aromatic ring is 1. The molecule has 2 rings (SSSR count). The second kappa shape index (κ2) is 5.67. The zero-order valence-electron chi connectivity index (χ0n) is 9.93. The van der Waals surface area contributed by atoms with E-state index in [4.69, 9.17) is 5.73 Å². The van der Waals surface area contributed by atoms with Gasteiger partial charge in [-0.25, -0.2) is 4.98 Å². The van der Waals surface area contributed by atoms with Crippen LogP contribution < -0.4 is 11.1 Å². The Bertz CT molecular complexity index is 554. The van der Waals surface area contributed by atoms with E-state index in [0.717, 1.165) is 11.8 Å². The van der Waals surface area contributed by atoms with E-state index in [0.29, 0.717) is 23.0 Å². The number of hydrogen-bond donors (Lipinski definition) is 3. The maximum absolute atomic E-state index is 11.5. The van der Waals surface area contributed by atoms with Crippen molar-refractivity contribution in [1.29, 1.82) is 0 Å². The van der Waals surface area contributed by atoms with E-state index >= 15 is 0 Å². The molecule has 0 fully saturated rings. The molecule has 0 aliphatic heterocycles. The third-order valence-corrected chi connectivity index (χ3v) is 3.20. The molecular weight excluding hydrogens is 252 g/mol. The molecule has 2 heterocycles. The SMILES string of the molecule is CCCNC(=O)CSc1nc(N)nc2[nH]ncc12. The van der Waals surface area contributed by atoms with Crippen LogP contribution >= 0.6 is 11.8 Å². The van der Waals surface area contributed by atoms with E-state index in [1.807, 2.05) is 6.92 Å². The van der Waals surface area contributed by atoms with Crippen molar-refractivity contribution in [2.45, 2.75) is 18.4 Å². The quantitative estimate of drug-likeness (QED) is 0.538. The minimum atomic E-state index is -0.0179. The lowest BCUT2D eigenvalue weighted by atomic mass is 10.4. The third-order valence-electron chi connectivity index (χ3n) is 2.20. The van der Waals surface area contributed by atoms with Gasteiger partial charge in [0.1, 0.15) is 5.03 Å². The van der Waals surface area contributed by atoms with Gasteiger partial charge >= 0.3 is 0 Å². The molecule has 2 aromatic heterocycles. The molecule has 0 aromatic carbocycles. The summed E-state index contributed by atoms with van der Waals surface area (Å²) in [7, 11) is 0. The minimum Gasteiger partial charge on any atom is -0.368 e. The number of rotatable bonds is 5. The van der Waals surface area contributed by atoms with Gasteiger partial charge in [0, 0.05) is 6.54 Å². The summed E-state index contributed by atoms with van der Waals surface area (Å²) in [5.74, 6) is 0.454. The predicted molar refractivity (Wildman–Crippen MR) is 70.1 cm³/mol. The lowest BCUT2D eigenvalue weighted by molar-refractivity contribution is -0.118. The lowest BCUT2D eigenvalue weighted by Gasteiger charge is -2.04. The van der Waals surface area contributed by atoms with E-state index in [2.05, 4.69) is 25.5 Å². The van der Waals surface area contributed by atoms with Crippen molar-refractivity contribution >= 4 is 34.7 Å². The predicted octanol–water partition coefficient (Wildman–Crippen LogP) is 0.553. The molecule has 7 nitrogen and oxygen atoms in total. The summed E-state index contributed by atoms with van der Waals surface area (Å²) in [5, 5.41) is 10.9. The van der Waals surface area contributed by atoms with Crippen molar-refractivity contribution in [2.75, 3.05) is 18.0 Å². The van der Waals surface area contributed by atoms with Gasteiger partial charge in [-0.1, -0.05) is 18.7 Å². The Labute approximate surface area is 108 Å². The average molecular weight is 266 g/mol. The molecule has 8 heteroatoms. The van der Waals surface area contributed by atoms with Crippen LogP contribution in [0.5, 0.6) is 0 Å². The van der Waals surface area contributed by atoms with Gasteiger partial charge < -0.3 is 11.1 Å². The number of carbonyl (C=O) groups excluding carboxylic acids is 1. The Kier molecular flexibility index (Phi) is 3.98. The molecule has 0 aliphatic carbocycles. The van der Waals surface area contributed by atoms with Crippen molar-refractivity contribution in [2.24, 2.45) is 0 Å². The van der Waals surface area contributed by atoms with E-state index < -0.39 is 0 Å². The molecule has 0 atom stereocenters. The third kappa shape index (κ3) is 2.89. The van der Waals surface area contributed by atoms with Crippen LogP contribution in [0, 0.1) is 0 Å². The van der Waals surface area contributed by atoms with Gasteiger partial charge in [-0.3, -0.25) is 9.89 Å². The van der Waals surface area contributed by atoms with E-state index in [-0.39, 0.29) is 11.9 Å². The van der Waals surface area contributed by atoms with Crippen molar-refractivity contribution in [3.63, 3.8) is 0 Å². The fraction of sp³-hybridized carbons (Fsp3) is 0.400. The van der Waals surface area contributed by atoms with Gasteiger partial charge in [0.15, 0.2) is 5.65 Å². The molecule has 0 unspecified atom stereocenters. The highest BCUT2D eigenvalue weighted by Crippen LogP contribution is 2.24. The first-order valence-corrected chi connectivity index (χ1v) is 6.55. The van der Waals surface area contributed by atoms with Crippen molar-refractivity contribution < 1.29 is 4.79 Å². The minimum absolute atomic E-state index is 0.0179. The molecular formula is C10H14N6OS. The molecule has 0 radical (unpaired) electrons. The summed E-state index contributed by atoms with van der Waals surface area (Å²) in [4.78, 5) is 19.6. The van der Waals surface area contributed by atoms with Gasteiger partial charge in [-0.05, 0) is 6.42 Å². The van der Waals surface area contributed by atoms with E-state index in [1.54, 1.807) is 6.20 Å². The molecule has 4 N–H and O–H groups in total. The topological polar surface area (TPSA) is 110 Å². The van der Waals surface area contributed by atoms with Gasteiger partial charge in [-0.2, -0.15) is 10.1 Å². The summed E-state index contributed by atoms with van der Waals surface area (Å²) < 4.78 is 0. The fourth-order valence-corrected chi connectivity index (χ4v) is 2.22. The summed E-state index contributed by atoms with van der Waals surface area (Å²) >= 11 is 1.32. The molecule has 18 heavy (non-hydrogen) atoms. The maximum atomic E-state index is 11.5. The standard InChI is InChI=1S/C10H14N6OS/c1-2-3-12-7(17)5-18-9-6-4-13-16-8(6)14-10(11)15-9/h4H,2-3,5H2,1H3,(H,12,17)(H3,11,13,14,15,16). The first-order chi connectivity index (χ1) is 8.70. The highest BCUT2D eigenvalue weighted by Gasteiger charge is 2.10. The Morgan fingerprint density at radius 2 is 2.39 bits per heavy atom. The van der Waals surface area contributed by atoms with Gasteiger partial charge in [0.2, 0.25) is 11.9 Å². The van der Waals surface area contributed by atoms with Gasteiger partial charge in [0.05, 0.1) is 17.3 Å². The highest BCUT2D eigenvalue weighted by molar-refractivity contribution is 8.00. The summed E-state index contributed by atoms with van der Waals surface area (Å²) in [6.07, 6.45) is 2.55. The van der Waals surface area contributed by atoms with Crippen LogP contribution in [-0.2, 0) is 4.79 Å². The number of nitrogens with one attached hydrogen (secondary N) is 2. The van der Waals surface area contributed by atoms with Crippen LogP contribution in [0.4, 0.5) is 5.95 Å². The molecule has 0 spiro atoms. The van der Waals surface area contributed by atoms with Gasteiger partial charge in [0.25, 0.3) is 0 Å². The fourth-order valence-electron chi connectivity index (χ4n) is 1.38. The number of hydrogen-bond acceptors (Lipinski definition) is 6. The van der Waals surface area contributed by atoms with Crippen LogP contribution in [-0.4, -0.2) is 38.4 Å². The monoisotopic (exact) mass is 266 g/mol. The molecule has 0 saturated carbocycles. The summed E-state index contributed by atoms with van der Waals surface area (Å²) in [6.45, 7) is 2.69. The molecule has 0 saturated heterocycles. The number of thioether (sulfide) groups is 1. The molecule has 0 bridgehead atoms. The Morgan fingerprint density at radius 1 is 1.56 bits per heavy atom. The van der Waals surface area contributed by atoms with Crippen LogP contribution in [0.15, 0.2) is 11.2 Å². The Hall–Kier alpha value is -1.83. The summed E-state index contributed by atoms with van der Waals surface area (Å²) in [6, 6.07) is 0. The van der Waals surface area contributed by atoms with Crippen molar-refractivity contribution in [3.05, 3.63) is 6.20 Å². The number of nitrogens with two attached hydrogens (primary N) is 1. The van der Waals surface area contributed by atoms with Gasteiger partial charge in [-0.15, -0.1) is 0 Å². The van der Waals surface area contributed by atoms with Crippen molar-refractivity contribution in [1.82, 2.24) is 25.5 Å². The number of nitrogens with zero attached hydrogens (tertiary/aromatic N) is 3. The molecule has 96 valence electrons. The van der Waals surface area contributed by atoms with Crippen LogP contribution in [0.1, 0.15) is 13.3 Å². The second-order valence-corrected chi connectivity index (χ2v) is 4.62. The first-order valence-electron chi connectivity index (χ1n) is 5.56. The molecule has 2 aromatic rings. The molecule has 0 aliphatic rings. The maximum Gasteiger partial charge on any atom is 0.230 e. The Balaban J connectivity index is 2.07. The largest absolute Gasteiger partial charge is 0.368 e. The zero-order chi connectivity index (χ0) is 13.0. The van der Waals surface area contributed by atoms with E-state index in [1.165, 1.54) is 11.8 Å². The lowest BCUT2D eigenvalue weighted by Crippen LogP contribution is -2.25. The smallest absolute Gasteiger partial charge is 0.230 e. The first kappa shape index (κ1) is 12.6. The van der Waals surface area contributed by atoms with Crippen molar-refractivity contribution in [3.8, 4) is 0 Å². The van der Waals surface area contributed by atoms with Crippen LogP contribution in [0.25, 0.3) is 11.0 Å². The van der Waals surface area contributed by atoms with Crippen LogP contribution in [0.3, 0.4) is 0 Å². The number of anilines is 1. The summed E-state index contributed by atoms with van der Waals surface area (Å²) in [5.41, 5.74) is 6.17. The average Bonchev–Trinajstić information content (AvgIpc) is 2.81. The normalized spacial score (nSPS) is 10.7. The van der Waals surface area contributed by atoms with Crippen LogP contribution in [0.2, 0.25) is 0 Å². The second-order valence-electron chi connectivity index (χ2n) is 3.66. The molecule has 1 amide bonds. The number of aromatic nitrogens is 4. The number of fused-ring (bicyclic) bond motifs is 1. The number of H-pyrrole nitrogens is 1. The number of carbonyl (C=O) groups is 1. The van der Waals surface area contributed by atoms with E-state index in [9.17, 15) is 4.79 Å². The number of aromatic amines is 1.